The van der Waals surface area contributed by atoms with Crippen molar-refractivity contribution < 1.29 is 18.8 Å². The van der Waals surface area contributed by atoms with Crippen molar-refractivity contribution in [3.63, 3.8) is 0 Å². The van der Waals surface area contributed by atoms with Crippen LogP contribution in [0, 0.1) is 25.2 Å². The van der Waals surface area contributed by atoms with E-state index in [2.05, 4.69) is 10.5 Å². The molecule has 1 aromatic heterocycles. The molecule has 1 aliphatic carbocycles. The second kappa shape index (κ2) is 7.15. The van der Waals surface area contributed by atoms with Crippen molar-refractivity contribution in [3.8, 4) is 0 Å². The normalized spacial score (nSPS) is 21.9. The Morgan fingerprint density at radius 2 is 2.08 bits per heavy atom. The zero-order valence-corrected chi connectivity index (χ0v) is 15.3. The van der Waals surface area contributed by atoms with E-state index in [4.69, 9.17) is 9.26 Å². The van der Waals surface area contributed by atoms with Crippen LogP contribution in [-0.4, -0.2) is 55.2 Å². The fourth-order valence-corrected chi connectivity index (χ4v) is 4.42. The lowest BCUT2D eigenvalue weighted by molar-refractivity contribution is -0.127. The number of ether oxygens (including phenoxy) is 1. The summed E-state index contributed by atoms with van der Waals surface area (Å²) in [5.41, 5.74) is 1.05. The Morgan fingerprint density at radius 3 is 2.68 bits per heavy atom. The van der Waals surface area contributed by atoms with Gasteiger partial charge in [0.1, 0.15) is 11.3 Å². The molecule has 1 atom stereocenters. The number of aromatic nitrogens is 1. The number of likely N-dealkylation sites (tertiary alicyclic amines) is 1. The highest BCUT2D eigenvalue weighted by atomic mass is 16.5. The van der Waals surface area contributed by atoms with Crippen LogP contribution < -0.4 is 5.32 Å². The number of rotatable bonds is 5. The van der Waals surface area contributed by atoms with Crippen molar-refractivity contribution >= 4 is 11.8 Å². The lowest BCUT2D eigenvalue weighted by atomic mass is 9.76. The Bertz CT molecular complexity index is 629. The SMILES string of the molecule is COCCNC(=O)C1CN(C(=O)c2c(C)noc2C)CC12CCCC2. The van der Waals surface area contributed by atoms with Gasteiger partial charge in [-0.1, -0.05) is 18.0 Å². The first-order valence-corrected chi connectivity index (χ1v) is 8.97. The van der Waals surface area contributed by atoms with E-state index in [1.54, 1.807) is 21.0 Å². The van der Waals surface area contributed by atoms with Crippen LogP contribution in [0.4, 0.5) is 0 Å². The van der Waals surface area contributed by atoms with Crippen LogP contribution in [0.5, 0.6) is 0 Å². The second-order valence-electron chi connectivity index (χ2n) is 7.29. The molecular formula is C18H27N3O4. The Labute approximate surface area is 148 Å². The fraction of sp³-hybridized carbons (Fsp3) is 0.722. The number of methoxy groups -OCH3 is 1. The molecule has 2 amide bonds. The number of nitrogens with one attached hydrogen (secondary N) is 1. The Kier molecular flexibility index (Phi) is 5.13. The standard InChI is InChI=1S/C18H27N3O4/c1-12-15(13(2)25-20-12)17(23)21-10-14(16(22)19-8-9-24-3)18(11-21)6-4-5-7-18/h14H,4-11H2,1-3H3,(H,19,22). The highest BCUT2D eigenvalue weighted by molar-refractivity contribution is 5.97. The van der Waals surface area contributed by atoms with E-state index in [0.717, 1.165) is 25.7 Å². The molecule has 1 aromatic rings. The Morgan fingerprint density at radius 1 is 1.36 bits per heavy atom. The quantitative estimate of drug-likeness (QED) is 0.818. The van der Waals surface area contributed by atoms with Gasteiger partial charge in [-0.15, -0.1) is 0 Å². The largest absolute Gasteiger partial charge is 0.383 e. The summed E-state index contributed by atoms with van der Waals surface area (Å²) in [7, 11) is 1.62. The van der Waals surface area contributed by atoms with E-state index in [1.165, 1.54) is 0 Å². The van der Waals surface area contributed by atoms with Gasteiger partial charge in [0, 0.05) is 32.2 Å². The number of nitrogens with zero attached hydrogens (tertiary/aromatic N) is 2. The number of carbonyl (C=O) groups excluding carboxylic acids is 2. The molecule has 1 saturated carbocycles. The maximum Gasteiger partial charge on any atom is 0.259 e. The van der Waals surface area contributed by atoms with E-state index in [9.17, 15) is 9.59 Å². The first-order chi connectivity index (χ1) is 12.0. The van der Waals surface area contributed by atoms with Crippen LogP contribution in [0.3, 0.4) is 0 Å². The van der Waals surface area contributed by atoms with Gasteiger partial charge in [-0.05, 0) is 26.7 Å². The molecule has 0 aromatic carbocycles. The number of hydrogen-bond acceptors (Lipinski definition) is 5. The van der Waals surface area contributed by atoms with Crippen LogP contribution in [-0.2, 0) is 9.53 Å². The molecule has 0 radical (unpaired) electrons. The maximum absolute atomic E-state index is 13.0. The van der Waals surface area contributed by atoms with Crippen LogP contribution in [0.2, 0.25) is 0 Å². The number of aryl methyl sites for hydroxylation is 2. The molecule has 2 aliphatic rings. The summed E-state index contributed by atoms with van der Waals surface area (Å²) in [6.45, 7) is 5.62. The van der Waals surface area contributed by atoms with Gasteiger partial charge in [0.05, 0.1) is 18.2 Å². The summed E-state index contributed by atoms with van der Waals surface area (Å²) < 4.78 is 10.2. The molecule has 2 heterocycles. The van der Waals surface area contributed by atoms with Crippen LogP contribution in [0.15, 0.2) is 4.52 Å². The summed E-state index contributed by atoms with van der Waals surface area (Å²) in [5.74, 6) is 0.343. The van der Waals surface area contributed by atoms with Crippen molar-refractivity contribution in [3.05, 3.63) is 17.0 Å². The van der Waals surface area contributed by atoms with Crippen LogP contribution in [0.25, 0.3) is 0 Å². The molecule has 1 saturated heterocycles. The van der Waals surface area contributed by atoms with E-state index in [-0.39, 0.29) is 23.1 Å². The predicted molar refractivity (Wildman–Crippen MR) is 91.2 cm³/mol. The molecule has 3 rings (SSSR count). The predicted octanol–water partition coefficient (Wildman–Crippen LogP) is 1.69. The summed E-state index contributed by atoms with van der Waals surface area (Å²) in [4.78, 5) is 27.5. The number of hydrogen-bond donors (Lipinski definition) is 1. The van der Waals surface area contributed by atoms with Crippen molar-refractivity contribution in [1.29, 1.82) is 0 Å². The topological polar surface area (TPSA) is 84.7 Å². The van der Waals surface area contributed by atoms with Crippen LogP contribution >= 0.6 is 0 Å². The molecular weight excluding hydrogens is 322 g/mol. The van der Waals surface area contributed by atoms with Crippen molar-refractivity contribution in [2.24, 2.45) is 11.3 Å². The Hall–Kier alpha value is -1.89. The van der Waals surface area contributed by atoms with E-state index in [0.29, 0.717) is 43.3 Å². The lowest BCUT2D eigenvalue weighted by Crippen LogP contribution is -2.41. The molecule has 1 spiro atoms. The molecule has 2 fully saturated rings. The zero-order valence-electron chi connectivity index (χ0n) is 15.3. The second-order valence-corrected chi connectivity index (χ2v) is 7.29. The molecule has 1 aliphatic heterocycles. The third-order valence-electron chi connectivity index (χ3n) is 5.70. The summed E-state index contributed by atoms with van der Waals surface area (Å²) in [6, 6.07) is 0. The molecule has 25 heavy (non-hydrogen) atoms. The summed E-state index contributed by atoms with van der Waals surface area (Å²) in [5, 5.41) is 6.85. The van der Waals surface area contributed by atoms with Gasteiger partial charge in [0.25, 0.3) is 5.91 Å². The minimum Gasteiger partial charge on any atom is -0.383 e. The van der Waals surface area contributed by atoms with Gasteiger partial charge in [0.15, 0.2) is 0 Å². The Balaban J connectivity index is 1.78. The van der Waals surface area contributed by atoms with Gasteiger partial charge < -0.3 is 19.5 Å². The third-order valence-corrected chi connectivity index (χ3v) is 5.70. The van der Waals surface area contributed by atoms with Crippen LogP contribution in [0.1, 0.15) is 47.5 Å². The highest BCUT2D eigenvalue weighted by Crippen LogP contribution is 2.49. The first-order valence-electron chi connectivity index (χ1n) is 8.97. The highest BCUT2D eigenvalue weighted by Gasteiger charge is 2.52. The molecule has 1 N–H and O–H groups in total. The van der Waals surface area contributed by atoms with Gasteiger partial charge in [-0.3, -0.25) is 9.59 Å². The van der Waals surface area contributed by atoms with Crippen molar-refractivity contribution in [1.82, 2.24) is 15.4 Å². The first kappa shape index (κ1) is 17.9. The third kappa shape index (κ3) is 3.29. The summed E-state index contributed by atoms with van der Waals surface area (Å²) in [6.07, 6.45) is 4.24. The van der Waals surface area contributed by atoms with Crippen molar-refractivity contribution in [2.45, 2.75) is 39.5 Å². The lowest BCUT2D eigenvalue weighted by Gasteiger charge is -2.28. The average molecular weight is 349 g/mol. The van der Waals surface area contributed by atoms with E-state index >= 15 is 0 Å². The fourth-order valence-electron chi connectivity index (χ4n) is 4.42. The maximum atomic E-state index is 13.0. The molecule has 7 nitrogen and oxygen atoms in total. The minimum atomic E-state index is -0.156. The molecule has 0 bridgehead atoms. The monoisotopic (exact) mass is 349 g/mol. The van der Waals surface area contributed by atoms with Gasteiger partial charge in [-0.25, -0.2) is 0 Å². The molecule has 1 unspecified atom stereocenters. The van der Waals surface area contributed by atoms with Gasteiger partial charge >= 0.3 is 0 Å². The average Bonchev–Trinajstić information content (AvgIpc) is 3.28. The zero-order chi connectivity index (χ0) is 18.0. The summed E-state index contributed by atoms with van der Waals surface area (Å²) >= 11 is 0. The smallest absolute Gasteiger partial charge is 0.259 e. The van der Waals surface area contributed by atoms with E-state index < -0.39 is 0 Å². The van der Waals surface area contributed by atoms with Gasteiger partial charge in [-0.2, -0.15) is 0 Å². The van der Waals surface area contributed by atoms with Crippen molar-refractivity contribution in [2.75, 3.05) is 33.4 Å². The van der Waals surface area contributed by atoms with Gasteiger partial charge in [0.2, 0.25) is 5.91 Å². The number of amides is 2. The van der Waals surface area contributed by atoms with E-state index in [1.807, 2.05) is 4.90 Å². The molecule has 7 heteroatoms. The minimum absolute atomic E-state index is 0.0352. The molecule has 138 valence electrons. The number of carbonyl (C=O) groups is 2.